The van der Waals surface area contributed by atoms with Crippen molar-refractivity contribution in [2.24, 2.45) is 5.92 Å². The number of carboxylic acids is 1. The largest absolute Gasteiger partial charge is 0.481 e. The fourth-order valence-electron chi connectivity index (χ4n) is 2.16. The molecule has 2 amide bonds. The van der Waals surface area contributed by atoms with Crippen LogP contribution in [0.4, 0.5) is 14.9 Å². The van der Waals surface area contributed by atoms with E-state index in [1.54, 1.807) is 0 Å². The van der Waals surface area contributed by atoms with Crippen LogP contribution in [-0.2, 0) is 4.79 Å². The molecular formula is C13H14ClFN2O3. The minimum absolute atomic E-state index is 0.0139. The van der Waals surface area contributed by atoms with Gasteiger partial charge in [-0.05, 0) is 25.0 Å². The van der Waals surface area contributed by atoms with Crippen molar-refractivity contribution >= 4 is 29.3 Å². The quantitative estimate of drug-likeness (QED) is 0.882. The first-order valence-corrected chi connectivity index (χ1v) is 6.59. The number of carboxylic acid groups (broad SMARTS) is 1. The third-order valence-corrected chi connectivity index (χ3v) is 3.54. The molecule has 1 aliphatic rings. The Morgan fingerprint density at radius 3 is 2.90 bits per heavy atom. The van der Waals surface area contributed by atoms with E-state index in [9.17, 15) is 14.0 Å². The summed E-state index contributed by atoms with van der Waals surface area (Å²) in [4.78, 5) is 24.3. The molecule has 1 heterocycles. The molecule has 0 radical (unpaired) electrons. The standard InChI is InChI=1S/C13H14ClFN2O3/c14-9-4-1-5-10(11(9)15)16-13(20)17-6-2-3-8(7-17)12(18)19/h1,4-5,8H,2-3,6-7H2,(H,16,20)(H,18,19). The predicted octanol–water partition coefficient (Wildman–Crippen LogP) is 2.81. The maximum Gasteiger partial charge on any atom is 0.321 e. The Kier molecular flexibility index (Phi) is 4.44. The zero-order valence-electron chi connectivity index (χ0n) is 10.6. The lowest BCUT2D eigenvalue weighted by atomic mass is 9.99. The first-order chi connectivity index (χ1) is 9.49. The Balaban J connectivity index is 2.04. The molecule has 2 rings (SSSR count). The number of amides is 2. The number of piperidine rings is 1. The molecule has 2 N–H and O–H groups in total. The van der Waals surface area contributed by atoms with E-state index in [2.05, 4.69) is 5.32 Å². The summed E-state index contributed by atoms with van der Waals surface area (Å²) in [5, 5.41) is 11.3. The van der Waals surface area contributed by atoms with E-state index in [1.807, 2.05) is 0 Å². The number of nitrogens with zero attached hydrogens (tertiary/aromatic N) is 1. The number of aliphatic carboxylic acids is 1. The third kappa shape index (κ3) is 3.19. The number of rotatable bonds is 2. The van der Waals surface area contributed by atoms with Gasteiger partial charge in [-0.1, -0.05) is 17.7 Å². The minimum Gasteiger partial charge on any atom is -0.481 e. The number of carbonyl (C=O) groups is 2. The van der Waals surface area contributed by atoms with Gasteiger partial charge in [0.05, 0.1) is 16.6 Å². The van der Waals surface area contributed by atoms with E-state index in [4.69, 9.17) is 16.7 Å². The van der Waals surface area contributed by atoms with Gasteiger partial charge < -0.3 is 15.3 Å². The summed E-state index contributed by atoms with van der Waals surface area (Å²) in [6, 6.07) is 3.79. The molecule has 0 spiro atoms. The van der Waals surface area contributed by atoms with Crippen molar-refractivity contribution in [3.63, 3.8) is 0 Å². The van der Waals surface area contributed by atoms with Crippen LogP contribution in [0.25, 0.3) is 0 Å². The van der Waals surface area contributed by atoms with Crippen molar-refractivity contribution < 1.29 is 19.1 Å². The SMILES string of the molecule is O=C(O)C1CCCN(C(=O)Nc2cccc(Cl)c2F)C1. The molecule has 5 nitrogen and oxygen atoms in total. The smallest absolute Gasteiger partial charge is 0.321 e. The number of urea groups is 1. The van der Waals surface area contributed by atoms with Gasteiger partial charge >= 0.3 is 12.0 Å². The summed E-state index contributed by atoms with van der Waals surface area (Å²) in [5.74, 6) is -2.19. The number of nitrogens with one attached hydrogen (secondary N) is 1. The van der Waals surface area contributed by atoms with Gasteiger partial charge in [0.15, 0.2) is 5.82 Å². The number of halogens is 2. The molecule has 1 aromatic carbocycles. The summed E-state index contributed by atoms with van der Waals surface area (Å²) in [6.45, 7) is 0.584. The van der Waals surface area contributed by atoms with Gasteiger partial charge in [-0.15, -0.1) is 0 Å². The highest BCUT2D eigenvalue weighted by molar-refractivity contribution is 6.31. The minimum atomic E-state index is -0.920. The van der Waals surface area contributed by atoms with E-state index in [0.717, 1.165) is 0 Å². The van der Waals surface area contributed by atoms with Gasteiger partial charge in [-0.3, -0.25) is 4.79 Å². The Bertz CT molecular complexity index is 538. The fraction of sp³-hybridized carbons (Fsp3) is 0.385. The molecule has 1 fully saturated rings. The maximum atomic E-state index is 13.7. The highest BCUT2D eigenvalue weighted by Crippen LogP contribution is 2.23. The highest BCUT2D eigenvalue weighted by Gasteiger charge is 2.28. The van der Waals surface area contributed by atoms with Crippen molar-refractivity contribution in [2.75, 3.05) is 18.4 Å². The number of anilines is 1. The topological polar surface area (TPSA) is 69.6 Å². The monoisotopic (exact) mass is 300 g/mol. The third-order valence-electron chi connectivity index (χ3n) is 3.25. The van der Waals surface area contributed by atoms with Crippen LogP contribution in [0.2, 0.25) is 5.02 Å². The van der Waals surface area contributed by atoms with Gasteiger partial charge in [0.25, 0.3) is 0 Å². The Morgan fingerprint density at radius 2 is 2.20 bits per heavy atom. The molecule has 1 unspecified atom stereocenters. The van der Waals surface area contributed by atoms with Crippen molar-refractivity contribution in [3.8, 4) is 0 Å². The van der Waals surface area contributed by atoms with Gasteiger partial charge in [0.2, 0.25) is 0 Å². The summed E-state index contributed by atoms with van der Waals surface area (Å²) >= 11 is 5.63. The van der Waals surface area contributed by atoms with Crippen LogP contribution in [0.5, 0.6) is 0 Å². The summed E-state index contributed by atoms with van der Waals surface area (Å²) < 4.78 is 13.7. The van der Waals surface area contributed by atoms with Crippen LogP contribution < -0.4 is 5.32 Å². The highest BCUT2D eigenvalue weighted by atomic mass is 35.5. The Hall–Kier alpha value is -1.82. The van der Waals surface area contributed by atoms with Crippen LogP contribution in [-0.4, -0.2) is 35.1 Å². The number of hydrogen-bond acceptors (Lipinski definition) is 2. The summed E-state index contributed by atoms with van der Waals surface area (Å²) in [6.07, 6.45) is 1.16. The zero-order chi connectivity index (χ0) is 14.7. The van der Waals surface area contributed by atoms with Crippen molar-refractivity contribution in [1.82, 2.24) is 4.90 Å². The van der Waals surface area contributed by atoms with E-state index >= 15 is 0 Å². The average Bonchev–Trinajstić information content (AvgIpc) is 2.44. The lowest BCUT2D eigenvalue weighted by Gasteiger charge is -2.30. The van der Waals surface area contributed by atoms with Crippen LogP contribution in [0, 0.1) is 11.7 Å². The molecule has 1 saturated heterocycles. The Morgan fingerprint density at radius 1 is 1.45 bits per heavy atom. The van der Waals surface area contributed by atoms with Gasteiger partial charge in [0, 0.05) is 13.1 Å². The lowest BCUT2D eigenvalue weighted by molar-refractivity contribution is -0.143. The van der Waals surface area contributed by atoms with Crippen LogP contribution in [0.3, 0.4) is 0 Å². The lowest BCUT2D eigenvalue weighted by Crippen LogP contribution is -2.44. The summed E-state index contributed by atoms with van der Waals surface area (Å²) in [5.41, 5.74) is -0.0139. The molecule has 7 heteroatoms. The maximum absolute atomic E-state index is 13.7. The first-order valence-electron chi connectivity index (χ1n) is 6.22. The number of benzene rings is 1. The van der Waals surface area contributed by atoms with Crippen LogP contribution in [0.1, 0.15) is 12.8 Å². The van der Waals surface area contributed by atoms with Crippen molar-refractivity contribution in [3.05, 3.63) is 29.0 Å². The second-order valence-electron chi connectivity index (χ2n) is 4.65. The molecule has 108 valence electrons. The number of carbonyl (C=O) groups excluding carboxylic acids is 1. The average molecular weight is 301 g/mol. The van der Waals surface area contributed by atoms with E-state index in [0.29, 0.717) is 19.4 Å². The van der Waals surface area contributed by atoms with E-state index < -0.39 is 23.7 Å². The zero-order valence-corrected chi connectivity index (χ0v) is 11.4. The molecule has 1 aromatic rings. The predicted molar refractivity (Wildman–Crippen MR) is 72.4 cm³/mol. The number of hydrogen-bond donors (Lipinski definition) is 2. The second kappa shape index (κ2) is 6.09. The van der Waals surface area contributed by atoms with Crippen molar-refractivity contribution in [2.45, 2.75) is 12.8 Å². The molecule has 0 aromatic heterocycles. The van der Waals surface area contributed by atoms with Gasteiger partial charge in [-0.25, -0.2) is 9.18 Å². The van der Waals surface area contributed by atoms with E-state index in [1.165, 1.54) is 23.1 Å². The molecule has 0 aliphatic carbocycles. The molecule has 0 bridgehead atoms. The molecule has 20 heavy (non-hydrogen) atoms. The fourth-order valence-corrected chi connectivity index (χ4v) is 2.33. The molecular weight excluding hydrogens is 287 g/mol. The van der Waals surface area contributed by atoms with Crippen molar-refractivity contribution in [1.29, 1.82) is 0 Å². The molecule has 1 aliphatic heterocycles. The normalized spacial score (nSPS) is 18.7. The second-order valence-corrected chi connectivity index (χ2v) is 5.06. The number of likely N-dealkylation sites (tertiary alicyclic amines) is 1. The Labute approximate surface area is 120 Å². The van der Waals surface area contributed by atoms with Gasteiger partial charge in [0.1, 0.15) is 0 Å². The van der Waals surface area contributed by atoms with Crippen LogP contribution >= 0.6 is 11.6 Å². The molecule has 1 atom stereocenters. The molecule has 0 saturated carbocycles. The summed E-state index contributed by atoms with van der Waals surface area (Å²) in [7, 11) is 0. The van der Waals surface area contributed by atoms with Crippen LogP contribution in [0.15, 0.2) is 18.2 Å². The first kappa shape index (κ1) is 14.6. The van der Waals surface area contributed by atoms with E-state index in [-0.39, 0.29) is 17.3 Å². The van der Waals surface area contributed by atoms with Gasteiger partial charge in [-0.2, -0.15) is 0 Å².